The molecule has 3 aliphatic rings. The van der Waals surface area contributed by atoms with E-state index in [9.17, 15) is 15.0 Å². The number of hydrogen-bond donors (Lipinski definition) is 2. The van der Waals surface area contributed by atoms with Crippen LogP contribution in [0.25, 0.3) is 0 Å². The van der Waals surface area contributed by atoms with Gasteiger partial charge in [-0.1, -0.05) is 23.2 Å². The van der Waals surface area contributed by atoms with E-state index in [1.165, 1.54) is 0 Å². The van der Waals surface area contributed by atoms with Gasteiger partial charge < -0.3 is 24.9 Å². The number of benzene rings is 1. The van der Waals surface area contributed by atoms with Gasteiger partial charge in [-0.3, -0.25) is 4.79 Å². The predicted octanol–water partition coefficient (Wildman–Crippen LogP) is 3.02. The van der Waals surface area contributed by atoms with E-state index in [1.807, 2.05) is 17.0 Å². The van der Waals surface area contributed by atoms with Crippen LogP contribution in [0.3, 0.4) is 0 Å². The number of hydrogen-bond acceptors (Lipinski definition) is 5. The molecule has 1 aromatic carbocycles. The number of aliphatic hydroxyl groups is 2. The second-order valence-corrected chi connectivity index (χ2v) is 10.3. The molecular weight excluding hydrogens is 437 g/mol. The molecule has 4 rings (SSSR count). The van der Waals surface area contributed by atoms with Crippen molar-refractivity contribution in [1.82, 2.24) is 9.80 Å². The molecule has 2 aliphatic heterocycles. The van der Waals surface area contributed by atoms with Gasteiger partial charge in [-0.25, -0.2) is 0 Å². The van der Waals surface area contributed by atoms with Gasteiger partial charge in [0.15, 0.2) is 0 Å². The Morgan fingerprint density at radius 1 is 1.16 bits per heavy atom. The van der Waals surface area contributed by atoms with Crippen LogP contribution in [-0.2, 0) is 4.79 Å². The largest absolute Gasteiger partial charge is 0.394 e. The average Bonchev–Trinajstić information content (AvgIpc) is 3.54. The Morgan fingerprint density at radius 3 is 2.58 bits per heavy atom. The Balaban J connectivity index is 1.38. The van der Waals surface area contributed by atoms with E-state index in [4.69, 9.17) is 23.2 Å². The zero-order valence-corrected chi connectivity index (χ0v) is 19.7. The normalized spacial score (nSPS) is 27.5. The van der Waals surface area contributed by atoms with Crippen LogP contribution in [0.2, 0.25) is 10.0 Å². The molecule has 0 aromatic heterocycles. The van der Waals surface area contributed by atoms with Crippen LogP contribution in [0, 0.1) is 5.41 Å². The number of amides is 1. The van der Waals surface area contributed by atoms with Crippen LogP contribution in [-0.4, -0.2) is 83.4 Å². The van der Waals surface area contributed by atoms with Crippen molar-refractivity contribution in [3.8, 4) is 0 Å². The summed E-state index contributed by atoms with van der Waals surface area (Å²) < 4.78 is 0. The number of β-amino-alcohol motifs (C(OH)–C–C–N with tert-alkyl or cyclic N) is 1. The first kappa shape index (κ1) is 23.1. The van der Waals surface area contributed by atoms with Crippen molar-refractivity contribution in [2.75, 3.05) is 44.2 Å². The topological polar surface area (TPSA) is 67.2 Å². The summed E-state index contributed by atoms with van der Waals surface area (Å²) in [4.78, 5) is 19.3. The van der Waals surface area contributed by atoms with Gasteiger partial charge in [-0.2, -0.15) is 0 Å². The van der Waals surface area contributed by atoms with Crippen LogP contribution >= 0.6 is 23.2 Å². The third kappa shape index (κ3) is 4.98. The number of nitrogens with zero attached hydrogens (tertiary/aromatic N) is 3. The van der Waals surface area contributed by atoms with Gasteiger partial charge >= 0.3 is 0 Å². The molecular formula is C23H33Cl2N3O3. The molecule has 3 unspecified atom stereocenters. The fourth-order valence-electron chi connectivity index (χ4n) is 5.17. The van der Waals surface area contributed by atoms with E-state index in [0.717, 1.165) is 38.0 Å². The Kier molecular flexibility index (Phi) is 7.04. The lowest BCUT2D eigenvalue weighted by molar-refractivity contribution is -0.134. The van der Waals surface area contributed by atoms with Crippen LogP contribution in [0.15, 0.2) is 18.2 Å². The minimum atomic E-state index is -0.242. The molecule has 8 heteroatoms. The quantitative estimate of drug-likeness (QED) is 0.669. The van der Waals surface area contributed by atoms with Gasteiger partial charge in [0.2, 0.25) is 5.91 Å². The predicted molar refractivity (Wildman–Crippen MR) is 124 cm³/mol. The Morgan fingerprint density at radius 2 is 1.94 bits per heavy atom. The van der Waals surface area contributed by atoms with Crippen LogP contribution in [0.4, 0.5) is 5.69 Å². The van der Waals surface area contributed by atoms with E-state index < -0.39 is 0 Å². The maximum absolute atomic E-state index is 12.9. The van der Waals surface area contributed by atoms with Crippen molar-refractivity contribution in [3.63, 3.8) is 0 Å². The molecule has 31 heavy (non-hydrogen) atoms. The summed E-state index contributed by atoms with van der Waals surface area (Å²) >= 11 is 12.3. The fraction of sp³-hybridized carbons (Fsp3) is 0.696. The molecule has 2 saturated heterocycles. The molecule has 1 saturated carbocycles. The number of halogens is 2. The second kappa shape index (κ2) is 9.44. The van der Waals surface area contributed by atoms with Crippen molar-refractivity contribution < 1.29 is 15.0 Å². The highest BCUT2D eigenvalue weighted by molar-refractivity contribution is 6.42. The lowest BCUT2D eigenvalue weighted by Gasteiger charge is -2.38. The fourth-order valence-corrected chi connectivity index (χ4v) is 5.46. The van der Waals surface area contributed by atoms with E-state index in [1.54, 1.807) is 6.07 Å². The van der Waals surface area contributed by atoms with Gasteiger partial charge in [0.05, 0.1) is 28.8 Å². The number of carbonyl (C=O) groups excluding carboxylic acids is 1. The summed E-state index contributed by atoms with van der Waals surface area (Å²) in [5, 5.41) is 21.6. The zero-order valence-electron chi connectivity index (χ0n) is 18.1. The maximum atomic E-state index is 12.9. The van der Waals surface area contributed by atoms with Crippen LogP contribution in [0.1, 0.15) is 39.0 Å². The first-order valence-corrected chi connectivity index (χ1v) is 12.1. The minimum Gasteiger partial charge on any atom is -0.394 e. The SMILES string of the molecule is CC1CN(C(CO)CCN2CCC3(CC3)C(O)C2)C(=O)CCN1c1ccc(Cl)c(Cl)c1. The molecule has 1 spiro atoms. The maximum Gasteiger partial charge on any atom is 0.224 e. The van der Waals surface area contributed by atoms with Gasteiger partial charge in [-0.05, 0) is 62.8 Å². The smallest absolute Gasteiger partial charge is 0.224 e. The second-order valence-electron chi connectivity index (χ2n) is 9.49. The molecule has 0 bridgehead atoms. The lowest BCUT2D eigenvalue weighted by Crippen LogP contribution is -2.49. The Labute approximate surface area is 194 Å². The summed E-state index contributed by atoms with van der Waals surface area (Å²) in [5.41, 5.74) is 1.14. The molecule has 2 heterocycles. The molecule has 0 radical (unpaired) electrons. The van der Waals surface area contributed by atoms with Gasteiger partial charge in [-0.15, -0.1) is 0 Å². The first-order chi connectivity index (χ1) is 14.8. The third-order valence-electron chi connectivity index (χ3n) is 7.50. The van der Waals surface area contributed by atoms with Crippen molar-refractivity contribution in [2.45, 2.75) is 57.2 Å². The number of rotatable bonds is 6. The van der Waals surface area contributed by atoms with E-state index in [2.05, 4.69) is 16.7 Å². The van der Waals surface area contributed by atoms with E-state index in [-0.39, 0.29) is 36.1 Å². The van der Waals surface area contributed by atoms with Crippen LogP contribution < -0.4 is 4.90 Å². The van der Waals surface area contributed by atoms with Gasteiger partial charge in [0.1, 0.15) is 0 Å². The number of likely N-dealkylation sites (tertiary alicyclic amines) is 1. The molecule has 2 N–H and O–H groups in total. The lowest BCUT2D eigenvalue weighted by atomic mass is 9.90. The zero-order chi connectivity index (χ0) is 22.2. The number of piperidine rings is 1. The summed E-state index contributed by atoms with van der Waals surface area (Å²) in [5.74, 6) is 0.0732. The standard InChI is InChI=1S/C23H33Cl2N3O3/c1-16-13-28(22(31)5-10-27(16)17-2-3-19(24)20(25)12-17)18(15-29)4-9-26-11-8-23(6-7-23)21(30)14-26/h2-3,12,16,18,21,29-30H,4-11,13-15H2,1H3. The van der Waals surface area contributed by atoms with Gasteiger partial charge in [0.25, 0.3) is 0 Å². The summed E-state index contributed by atoms with van der Waals surface area (Å²) in [7, 11) is 0. The molecule has 1 aliphatic carbocycles. The van der Waals surface area contributed by atoms with E-state index >= 15 is 0 Å². The number of carbonyl (C=O) groups is 1. The van der Waals surface area contributed by atoms with Crippen molar-refractivity contribution in [3.05, 3.63) is 28.2 Å². The number of anilines is 1. The molecule has 1 aromatic rings. The highest BCUT2D eigenvalue weighted by atomic mass is 35.5. The summed E-state index contributed by atoms with van der Waals surface area (Å²) in [6, 6.07) is 5.44. The number of aliphatic hydroxyl groups excluding tert-OH is 2. The minimum absolute atomic E-state index is 0.0500. The monoisotopic (exact) mass is 469 g/mol. The van der Waals surface area contributed by atoms with Crippen molar-refractivity contribution in [2.24, 2.45) is 5.41 Å². The molecule has 6 nitrogen and oxygen atoms in total. The van der Waals surface area contributed by atoms with Gasteiger partial charge in [0, 0.05) is 44.3 Å². The summed E-state index contributed by atoms with van der Waals surface area (Å²) in [6.45, 7) is 5.68. The Bertz CT molecular complexity index is 804. The molecule has 172 valence electrons. The highest BCUT2D eigenvalue weighted by Crippen LogP contribution is 2.53. The molecule has 3 atom stereocenters. The van der Waals surface area contributed by atoms with Crippen LogP contribution in [0.5, 0.6) is 0 Å². The van der Waals surface area contributed by atoms with Crippen molar-refractivity contribution in [1.29, 1.82) is 0 Å². The average molecular weight is 470 g/mol. The first-order valence-electron chi connectivity index (χ1n) is 11.4. The Hall–Kier alpha value is -1.05. The highest BCUT2D eigenvalue weighted by Gasteiger charge is 2.51. The third-order valence-corrected chi connectivity index (χ3v) is 8.24. The molecule has 1 amide bonds. The van der Waals surface area contributed by atoms with E-state index in [0.29, 0.717) is 42.5 Å². The van der Waals surface area contributed by atoms with Crippen molar-refractivity contribution >= 4 is 34.8 Å². The summed E-state index contributed by atoms with van der Waals surface area (Å²) in [6.07, 6.45) is 4.21. The molecule has 3 fully saturated rings.